The van der Waals surface area contributed by atoms with Crippen molar-refractivity contribution in [2.75, 3.05) is 18.5 Å². The third-order valence-corrected chi connectivity index (χ3v) is 8.72. The van der Waals surface area contributed by atoms with Gasteiger partial charge in [0.1, 0.15) is 29.6 Å². The normalized spacial score (nSPS) is 16.4. The van der Waals surface area contributed by atoms with Crippen molar-refractivity contribution < 1.29 is 32.2 Å². The van der Waals surface area contributed by atoms with Crippen LogP contribution in [0.25, 0.3) is 11.0 Å². The van der Waals surface area contributed by atoms with Crippen LogP contribution in [0.1, 0.15) is 47.1 Å². The summed E-state index contributed by atoms with van der Waals surface area (Å²) < 4.78 is 52.4. The number of alkyl halides is 2. The highest BCUT2D eigenvalue weighted by molar-refractivity contribution is 6.36. The molecule has 5 rings (SSSR count). The van der Waals surface area contributed by atoms with Gasteiger partial charge in [0, 0.05) is 43.4 Å². The van der Waals surface area contributed by atoms with Gasteiger partial charge in [-0.1, -0.05) is 40.9 Å². The number of aryl methyl sites for hydroxylation is 1. The molecule has 2 heterocycles. The fraction of sp³-hybridized carbons (Fsp3) is 0.323. The standard InChI is InChI=1S/C31H28Cl3F3N4O4/c1-31(8-3-9-45-31)30(43)38-14-16-4-6-20(32)18(28(16)34)12-27-40-23-11-19(25(44-15-26(36)37)13-24(23)41(27)2)29(42)39-17-5-7-22(35)21(33)10-17/h4-7,10-11,13,26H,3,8-9,12,14-15H2,1-2H3,(H,38,43)(H,39,42). The summed E-state index contributed by atoms with van der Waals surface area (Å²) in [5.74, 6) is -1.19. The molecule has 1 aliphatic rings. The van der Waals surface area contributed by atoms with Crippen LogP contribution >= 0.6 is 34.8 Å². The maximum Gasteiger partial charge on any atom is 0.272 e. The Morgan fingerprint density at radius 3 is 2.60 bits per heavy atom. The Bertz CT molecular complexity index is 1780. The van der Waals surface area contributed by atoms with E-state index in [1.807, 2.05) is 0 Å². The lowest BCUT2D eigenvalue weighted by Crippen LogP contribution is -2.43. The van der Waals surface area contributed by atoms with E-state index < -0.39 is 30.4 Å². The second-order valence-corrected chi connectivity index (χ2v) is 11.9. The number of nitrogens with one attached hydrogen (secondary N) is 2. The molecule has 0 bridgehead atoms. The minimum absolute atomic E-state index is 0.0676. The van der Waals surface area contributed by atoms with E-state index in [0.29, 0.717) is 51.1 Å². The summed E-state index contributed by atoms with van der Waals surface area (Å²) in [4.78, 5) is 30.6. The van der Waals surface area contributed by atoms with Crippen LogP contribution in [-0.2, 0) is 29.5 Å². The molecular weight excluding hydrogens is 656 g/mol. The first kappa shape index (κ1) is 32.9. The Morgan fingerprint density at radius 2 is 1.91 bits per heavy atom. The fourth-order valence-corrected chi connectivity index (χ4v) is 5.82. The number of nitrogens with zero attached hydrogens (tertiary/aromatic N) is 2. The minimum Gasteiger partial charge on any atom is -0.487 e. The largest absolute Gasteiger partial charge is 0.487 e. The van der Waals surface area contributed by atoms with E-state index in [4.69, 9.17) is 44.3 Å². The molecule has 238 valence electrons. The predicted molar refractivity (Wildman–Crippen MR) is 166 cm³/mol. The number of benzene rings is 3. The van der Waals surface area contributed by atoms with E-state index in [0.717, 1.165) is 12.5 Å². The maximum absolute atomic E-state index is 13.6. The van der Waals surface area contributed by atoms with Crippen molar-refractivity contribution in [3.05, 3.63) is 85.9 Å². The van der Waals surface area contributed by atoms with Crippen LogP contribution in [0.3, 0.4) is 0 Å². The van der Waals surface area contributed by atoms with Crippen LogP contribution in [0.5, 0.6) is 5.75 Å². The lowest BCUT2D eigenvalue weighted by atomic mass is 10.0. The number of anilines is 1. The zero-order chi connectivity index (χ0) is 32.5. The SMILES string of the molecule is Cn1c(Cc2c(Cl)ccc(CNC(=O)C3(C)CCCO3)c2Cl)nc2cc(C(=O)Nc3ccc(F)c(Cl)c3)c(OCC(F)F)cc21. The molecule has 1 saturated heterocycles. The smallest absolute Gasteiger partial charge is 0.272 e. The zero-order valence-corrected chi connectivity index (χ0v) is 26.4. The molecule has 45 heavy (non-hydrogen) atoms. The van der Waals surface area contributed by atoms with Crippen LogP contribution in [0, 0.1) is 5.82 Å². The van der Waals surface area contributed by atoms with E-state index in [-0.39, 0.29) is 40.9 Å². The van der Waals surface area contributed by atoms with Crippen LogP contribution in [-0.4, -0.2) is 46.6 Å². The van der Waals surface area contributed by atoms with E-state index in [1.165, 1.54) is 24.3 Å². The summed E-state index contributed by atoms with van der Waals surface area (Å²) in [6.45, 7) is 1.50. The molecule has 1 fully saturated rings. The summed E-state index contributed by atoms with van der Waals surface area (Å²) in [7, 11) is 1.72. The molecule has 1 unspecified atom stereocenters. The van der Waals surface area contributed by atoms with Crippen molar-refractivity contribution in [2.45, 2.75) is 44.8 Å². The number of fused-ring (bicyclic) bond motifs is 1. The number of rotatable bonds is 10. The van der Waals surface area contributed by atoms with Gasteiger partial charge in [0.15, 0.2) is 0 Å². The Morgan fingerprint density at radius 1 is 1.13 bits per heavy atom. The van der Waals surface area contributed by atoms with Gasteiger partial charge in [0.25, 0.3) is 18.2 Å². The molecule has 2 amide bonds. The van der Waals surface area contributed by atoms with E-state index in [9.17, 15) is 22.8 Å². The molecule has 4 aromatic rings. The molecular formula is C31H28Cl3F3N4O4. The first-order chi connectivity index (χ1) is 21.4. The number of aromatic nitrogens is 2. The van der Waals surface area contributed by atoms with Crippen molar-refractivity contribution >= 4 is 63.3 Å². The molecule has 2 N–H and O–H groups in total. The predicted octanol–water partition coefficient (Wildman–Crippen LogP) is 7.34. The average molecular weight is 684 g/mol. The first-order valence-electron chi connectivity index (χ1n) is 13.9. The van der Waals surface area contributed by atoms with E-state index in [2.05, 4.69) is 15.6 Å². The lowest BCUT2D eigenvalue weighted by molar-refractivity contribution is -0.139. The monoisotopic (exact) mass is 682 g/mol. The quantitative estimate of drug-likeness (QED) is 0.182. The van der Waals surface area contributed by atoms with Crippen LogP contribution < -0.4 is 15.4 Å². The molecule has 0 saturated carbocycles. The minimum atomic E-state index is -2.79. The number of amides is 2. The van der Waals surface area contributed by atoms with Gasteiger partial charge >= 0.3 is 0 Å². The van der Waals surface area contributed by atoms with E-state index >= 15 is 0 Å². The summed E-state index contributed by atoms with van der Waals surface area (Å²) in [6.07, 6.45) is -1.18. The Hall–Kier alpha value is -3.51. The van der Waals surface area contributed by atoms with E-state index in [1.54, 1.807) is 30.7 Å². The van der Waals surface area contributed by atoms with Crippen LogP contribution in [0.2, 0.25) is 15.1 Å². The molecule has 1 aromatic heterocycles. The molecule has 1 atom stereocenters. The summed E-state index contributed by atoms with van der Waals surface area (Å²) in [5, 5.41) is 6.00. The molecule has 3 aromatic carbocycles. The van der Waals surface area contributed by atoms with Crippen molar-refractivity contribution in [3.8, 4) is 5.75 Å². The van der Waals surface area contributed by atoms with Crippen molar-refractivity contribution in [1.82, 2.24) is 14.9 Å². The number of halogens is 6. The van der Waals surface area contributed by atoms with Gasteiger partial charge in [-0.3, -0.25) is 9.59 Å². The zero-order valence-electron chi connectivity index (χ0n) is 24.2. The number of imidazole rings is 1. The maximum atomic E-state index is 13.6. The molecule has 0 aliphatic carbocycles. The van der Waals surface area contributed by atoms with Crippen molar-refractivity contribution in [2.24, 2.45) is 7.05 Å². The van der Waals surface area contributed by atoms with Crippen LogP contribution in [0.15, 0.2) is 42.5 Å². The summed E-state index contributed by atoms with van der Waals surface area (Å²) in [6, 6.07) is 9.90. The third kappa shape index (κ3) is 7.17. The first-order valence-corrected chi connectivity index (χ1v) is 15.0. The highest BCUT2D eigenvalue weighted by Crippen LogP contribution is 2.33. The number of carbonyl (C=O) groups excluding carboxylic acids is 2. The summed E-state index contributed by atoms with van der Waals surface area (Å²) >= 11 is 19.1. The highest BCUT2D eigenvalue weighted by atomic mass is 35.5. The molecule has 0 radical (unpaired) electrons. The Balaban J connectivity index is 1.44. The molecule has 8 nitrogen and oxygen atoms in total. The van der Waals surface area contributed by atoms with Gasteiger partial charge in [-0.15, -0.1) is 0 Å². The Kier molecular flexibility index (Phi) is 9.83. The third-order valence-electron chi connectivity index (χ3n) is 7.60. The second-order valence-electron chi connectivity index (χ2n) is 10.8. The number of ether oxygens (including phenoxy) is 2. The average Bonchev–Trinajstić information content (AvgIpc) is 3.58. The van der Waals surface area contributed by atoms with Gasteiger partial charge in [-0.25, -0.2) is 18.2 Å². The number of hydrogen-bond donors (Lipinski definition) is 2. The van der Waals surface area contributed by atoms with Crippen LogP contribution in [0.4, 0.5) is 18.9 Å². The molecule has 14 heteroatoms. The van der Waals surface area contributed by atoms with Gasteiger partial charge in [0.05, 0.1) is 26.6 Å². The van der Waals surface area contributed by atoms with Crippen molar-refractivity contribution in [1.29, 1.82) is 0 Å². The van der Waals surface area contributed by atoms with Crippen molar-refractivity contribution in [3.63, 3.8) is 0 Å². The lowest BCUT2D eigenvalue weighted by Gasteiger charge is -2.22. The van der Waals surface area contributed by atoms with Gasteiger partial charge in [-0.2, -0.15) is 0 Å². The van der Waals surface area contributed by atoms with Gasteiger partial charge < -0.3 is 24.7 Å². The number of hydrogen-bond acceptors (Lipinski definition) is 5. The molecule has 0 spiro atoms. The fourth-order valence-electron chi connectivity index (χ4n) is 5.07. The highest BCUT2D eigenvalue weighted by Gasteiger charge is 2.37. The second kappa shape index (κ2) is 13.5. The topological polar surface area (TPSA) is 94.5 Å². The van der Waals surface area contributed by atoms with Gasteiger partial charge in [0.2, 0.25) is 0 Å². The molecule has 1 aliphatic heterocycles. The summed E-state index contributed by atoms with van der Waals surface area (Å²) in [5.41, 5.74) is 1.32. The Labute approximate surface area is 271 Å². The van der Waals surface area contributed by atoms with Gasteiger partial charge in [-0.05, 0) is 61.2 Å². The number of carbonyl (C=O) groups is 2.